The molecule has 0 saturated carbocycles. The molecule has 0 spiro atoms. The molecule has 2 aromatic heterocycles. The van der Waals surface area contributed by atoms with Gasteiger partial charge in [-0.05, 0) is 65.3 Å². The van der Waals surface area contributed by atoms with Crippen LogP contribution in [0.15, 0.2) is 67.3 Å². The second-order valence-electron chi connectivity index (χ2n) is 6.84. The summed E-state index contributed by atoms with van der Waals surface area (Å²) in [5, 5.41) is 23.3. The van der Waals surface area contributed by atoms with Gasteiger partial charge in [0.1, 0.15) is 11.5 Å². The molecule has 0 aliphatic heterocycles. The van der Waals surface area contributed by atoms with Crippen LogP contribution in [0.5, 0.6) is 11.5 Å². The number of pyridine rings is 2. The Morgan fingerprint density at radius 2 is 1.31 bits per heavy atom. The largest absolute Gasteiger partial charge is 0.508 e. The number of rotatable bonds is 6. The predicted molar refractivity (Wildman–Crippen MR) is 129 cm³/mol. The Balaban J connectivity index is 0.000000261. The SMILES string of the molecule is C#CC#CCOC(=O)c1cc(O)cc(O)c1.O=C(NCc1ccncc1)C(=O)NCc1ccncc1. The van der Waals surface area contributed by atoms with Gasteiger partial charge in [-0.25, -0.2) is 4.79 Å². The van der Waals surface area contributed by atoms with E-state index in [0.29, 0.717) is 13.1 Å². The van der Waals surface area contributed by atoms with Gasteiger partial charge >= 0.3 is 17.8 Å². The van der Waals surface area contributed by atoms with Gasteiger partial charge in [-0.2, -0.15) is 0 Å². The smallest absolute Gasteiger partial charge is 0.339 e. The monoisotopic (exact) mass is 486 g/mol. The number of hydrogen-bond acceptors (Lipinski definition) is 8. The summed E-state index contributed by atoms with van der Waals surface area (Å²) in [6.45, 7) is 0.452. The van der Waals surface area contributed by atoms with E-state index < -0.39 is 17.8 Å². The van der Waals surface area contributed by atoms with Gasteiger partial charge in [-0.15, -0.1) is 6.42 Å². The molecule has 0 unspecified atom stereocenters. The molecule has 3 rings (SSSR count). The third-order valence-electron chi connectivity index (χ3n) is 4.19. The molecular weight excluding hydrogens is 464 g/mol. The number of phenols is 2. The van der Waals surface area contributed by atoms with Crippen molar-refractivity contribution in [2.75, 3.05) is 6.61 Å². The fourth-order valence-electron chi connectivity index (χ4n) is 2.51. The fraction of sp³-hybridized carbons (Fsp3) is 0.115. The minimum atomic E-state index is -0.697. The molecule has 2 amide bonds. The number of carbonyl (C=O) groups excluding carboxylic acids is 3. The van der Waals surface area contributed by atoms with Crippen LogP contribution in [0.3, 0.4) is 0 Å². The standard InChI is InChI=1S/C14H14N4O2.C12H8O4/c19-13(17-9-11-1-5-15-6-2-11)14(20)18-10-12-3-7-16-8-4-12;1-2-3-4-5-16-12(15)9-6-10(13)8-11(14)7-9/h1-8H,9-10H2,(H,17,19)(H,18,20);1,6-8,13-14H,5H2. The zero-order valence-corrected chi connectivity index (χ0v) is 19.0. The molecule has 10 nitrogen and oxygen atoms in total. The number of benzene rings is 1. The van der Waals surface area contributed by atoms with Crippen LogP contribution in [0.1, 0.15) is 21.5 Å². The van der Waals surface area contributed by atoms with Crippen molar-refractivity contribution in [3.63, 3.8) is 0 Å². The first-order chi connectivity index (χ1) is 17.4. The second kappa shape index (κ2) is 14.7. The lowest BCUT2D eigenvalue weighted by atomic mass is 10.2. The van der Waals surface area contributed by atoms with Crippen LogP contribution in [0.4, 0.5) is 0 Å². The molecule has 1 aromatic carbocycles. The lowest BCUT2D eigenvalue weighted by molar-refractivity contribution is -0.139. The van der Waals surface area contributed by atoms with E-state index in [-0.39, 0.29) is 23.7 Å². The quantitative estimate of drug-likeness (QED) is 0.231. The predicted octanol–water partition coefficient (Wildman–Crippen LogP) is 1.30. The Morgan fingerprint density at radius 3 is 1.75 bits per heavy atom. The van der Waals surface area contributed by atoms with Gasteiger partial charge in [-0.1, -0.05) is 0 Å². The number of terminal acetylenes is 1. The minimum absolute atomic E-state index is 0.0417. The van der Waals surface area contributed by atoms with Gasteiger partial charge in [0.2, 0.25) is 0 Å². The molecule has 182 valence electrons. The van der Waals surface area contributed by atoms with E-state index in [1.54, 1.807) is 49.1 Å². The highest BCUT2D eigenvalue weighted by Crippen LogP contribution is 2.20. The minimum Gasteiger partial charge on any atom is -0.508 e. The number of ether oxygens (including phenoxy) is 1. The molecule has 0 atom stereocenters. The summed E-state index contributed by atoms with van der Waals surface area (Å²) in [6, 6.07) is 10.6. The molecule has 0 aliphatic carbocycles. The third-order valence-corrected chi connectivity index (χ3v) is 4.19. The van der Waals surface area contributed by atoms with Gasteiger partial charge in [0, 0.05) is 43.9 Å². The van der Waals surface area contributed by atoms with Crippen LogP contribution in [0, 0.1) is 24.2 Å². The van der Waals surface area contributed by atoms with Crippen LogP contribution in [0.25, 0.3) is 0 Å². The molecule has 36 heavy (non-hydrogen) atoms. The Hall–Kier alpha value is -5.35. The van der Waals surface area contributed by atoms with E-state index in [2.05, 4.69) is 38.4 Å². The number of phenolic OH excluding ortho intramolecular Hbond substituents is 2. The fourth-order valence-corrected chi connectivity index (χ4v) is 2.51. The summed E-state index contributed by atoms with van der Waals surface area (Å²) in [7, 11) is 0. The van der Waals surface area contributed by atoms with Gasteiger partial charge in [-0.3, -0.25) is 19.6 Å². The Kier molecular flexibility index (Phi) is 11.0. The number of aromatic hydroxyl groups is 2. The molecule has 3 aromatic rings. The van der Waals surface area contributed by atoms with Crippen molar-refractivity contribution < 1.29 is 29.3 Å². The maximum absolute atomic E-state index is 11.6. The zero-order chi connectivity index (χ0) is 26.2. The second-order valence-corrected chi connectivity index (χ2v) is 6.84. The van der Waals surface area contributed by atoms with Crippen LogP contribution in [0.2, 0.25) is 0 Å². The number of amides is 2. The Morgan fingerprint density at radius 1 is 0.833 bits per heavy atom. The first-order valence-corrected chi connectivity index (χ1v) is 10.4. The average molecular weight is 486 g/mol. The molecule has 4 N–H and O–H groups in total. The van der Waals surface area contributed by atoms with Crippen molar-refractivity contribution in [2.45, 2.75) is 13.1 Å². The highest BCUT2D eigenvalue weighted by molar-refractivity contribution is 6.35. The van der Waals surface area contributed by atoms with E-state index in [9.17, 15) is 14.4 Å². The molecule has 0 radical (unpaired) electrons. The third kappa shape index (κ3) is 10.1. The molecule has 10 heteroatoms. The van der Waals surface area contributed by atoms with Gasteiger partial charge in [0.05, 0.1) is 5.56 Å². The number of nitrogens with zero attached hydrogens (tertiary/aromatic N) is 2. The zero-order valence-electron chi connectivity index (χ0n) is 19.0. The lowest BCUT2D eigenvalue weighted by Gasteiger charge is -2.06. The van der Waals surface area contributed by atoms with Crippen LogP contribution >= 0.6 is 0 Å². The Labute approximate surface area is 207 Å². The van der Waals surface area contributed by atoms with Crippen molar-refractivity contribution in [3.8, 4) is 35.7 Å². The van der Waals surface area contributed by atoms with Crippen molar-refractivity contribution >= 4 is 17.8 Å². The number of nitrogens with one attached hydrogen (secondary N) is 2. The van der Waals surface area contributed by atoms with Crippen molar-refractivity contribution in [1.82, 2.24) is 20.6 Å². The first-order valence-electron chi connectivity index (χ1n) is 10.4. The van der Waals surface area contributed by atoms with Gasteiger partial charge in [0.25, 0.3) is 0 Å². The summed E-state index contributed by atoms with van der Waals surface area (Å²) >= 11 is 0. The van der Waals surface area contributed by atoms with Crippen molar-refractivity contribution in [1.29, 1.82) is 0 Å². The van der Waals surface area contributed by atoms with Crippen molar-refractivity contribution in [2.24, 2.45) is 0 Å². The van der Waals surface area contributed by atoms with E-state index >= 15 is 0 Å². The molecule has 0 fully saturated rings. The van der Waals surface area contributed by atoms with Crippen LogP contribution < -0.4 is 10.6 Å². The van der Waals surface area contributed by atoms with Crippen LogP contribution in [-0.2, 0) is 27.4 Å². The van der Waals surface area contributed by atoms with Gasteiger partial charge in [0.15, 0.2) is 6.61 Å². The van der Waals surface area contributed by atoms with E-state index in [4.69, 9.17) is 21.4 Å². The first kappa shape index (κ1) is 26.9. The number of aromatic nitrogens is 2. The summed E-state index contributed by atoms with van der Waals surface area (Å²) in [4.78, 5) is 42.3. The number of hydrogen-bond donors (Lipinski definition) is 4. The molecule has 2 heterocycles. The molecule has 0 saturated heterocycles. The van der Waals surface area contributed by atoms with E-state index in [0.717, 1.165) is 17.2 Å². The topological polar surface area (TPSA) is 151 Å². The maximum atomic E-state index is 11.6. The number of esters is 1. The highest BCUT2D eigenvalue weighted by Gasteiger charge is 2.12. The lowest BCUT2D eigenvalue weighted by Crippen LogP contribution is -2.39. The molecule has 0 bridgehead atoms. The summed E-state index contributed by atoms with van der Waals surface area (Å²) in [5.74, 6) is 4.31. The molecule has 0 aliphatic rings. The number of carbonyl (C=O) groups is 3. The van der Waals surface area contributed by atoms with E-state index in [1.165, 1.54) is 12.1 Å². The average Bonchev–Trinajstić information content (AvgIpc) is 2.89. The maximum Gasteiger partial charge on any atom is 0.339 e. The normalized spacial score (nSPS) is 9.19. The molecular formula is C26H22N4O6. The highest BCUT2D eigenvalue weighted by atomic mass is 16.5. The van der Waals surface area contributed by atoms with Crippen LogP contribution in [-0.4, -0.2) is 44.6 Å². The Bertz CT molecular complexity index is 1200. The van der Waals surface area contributed by atoms with Crippen molar-refractivity contribution in [3.05, 3.63) is 83.9 Å². The summed E-state index contributed by atoms with van der Waals surface area (Å²) in [5.41, 5.74) is 1.81. The van der Waals surface area contributed by atoms with Gasteiger partial charge < -0.3 is 25.6 Å². The van der Waals surface area contributed by atoms with E-state index in [1.807, 2.05) is 0 Å². The summed E-state index contributed by atoms with van der Waals surface area (Å²) in [6.07, 6.45) is 11.4. The summed E-state index contributed by atoms with van der Waals surface area (Å²) < 4.78 is 4.71.